The van der Waals surface area contributed by atoms with E-state index in [4.69, 9.17) is 9.47 Å². The van der Waals surface area contributed by atoms with E-state index in [1.807, 2.05) is 27.7 Å². The average Bonchev–Trinajstić information content (AvgIpc) is 2.30. The molecule has 0 aromatic rings. The van der Waals surface area contributed by atoms with Gasteiger partial charge in [-0.05, 0) is 5.92 Å². The van der Waals surface area contributed by atoms with Crippen LogP contribution in [-0.4, -0.2) is 38.9 Å². The van der Waals surface area contributed by atoms with E-state index in [2.05, 4.69) is 17.2 Å². The van der Waals surface area contributed by atoms with Crippen molar-refractivity contribution in [1.29, 1.82) is 0 Å². The summed E-state index contributed by atoms with van der Waals surface area (Å²) >= 11 is 0. The first-order chi connectivity index (χ1) is 9.02. The molecule has 0 aliphatic carbocycles. The number of carbonyl (C=O) groups excluding carboxylic acids is 1. The minimum Gasteiger partial charge on any atom is -0.377 e. The summed E-state index contributed by atoms with van der Waals surface area (Å²) in [7, 11) is 0. The van der Waals surface area contributed by atoms with Crippen molar-refractivity contribution in [2.45, 2.75) is 34.1 Å². The second kappa shape index (κ2) is 12.0. The Morgan fingerprint density at radius 1 is 1.11 bits per heavy atom. The first kappa shape index (κ1) is 17.9. The molecule has 0 aliphatic heterocycles. The third-order valence-electron chi connectivity index (χ3n) is 2.10. The van der Waals surface area contributed by atoms with E-state index >= 15 is 0 Å². The number of ether oxygens (including phenoxy) is 2. The molecule has 0 spiro atoms. The van der Waals surface area contributed by atoms with E-state index in [0.29, 0.717) is 51.2 Å². The van der Waals surface area contributed by atoms with Crippen molar-refractivity contribution < 1.29 is 14.3 Å². The molecule has 0 atom stereocenters. The van der Waals surface area contributed by atoms with Gasteiger partial charge in [-0.25, -0.2) is 0 Å². The summed E-state index contributed by atoms with van der Waals surface area (Å²) in [6.45, 7) is 10.7. The fraction of sp³-hybridized carbons (Fsp3) is 0.800. The summed E-state index contributed by atoms with van der Waals surface area (Å²) in [6.07, 6.45) is 0.567. The molecule has 0 aromatic heterocycles. The Bertz CT molecular complexity index is 290. The number of carbonyl (C=O) groups is 1. The van der Waals surface area contributed by atoms with Crippen LogP contribution in [0.25, 0.3) is 0 Å². The molecule has 0 aromatic carbocycles. The molecule has 110 valence electrons. The Labute approximate surface area is 117 Å². The lowest BCUT2D eigenvalue weighted by Crippen LogP contribution is -2.28. The number of hydrogen-bond acceptors (Lipinski definition) is 3. The van der Waals surface area contributed by atoms with Crippen LogP contribution in [0.4, 0.5) is 0 Å². The van der Waals surface area contributed by atoms with Crippen LogP contribution in [0.15, 0.2) is 0 Å². The molecule has 0 unspecified atom stereocenters. The molecule has 0 bridgehead atoms. The predicted molar refractivity (Wildman–Crippen MR) is 76.7 cm³/mol. The van der Waals surface area contributed by atoms with Gasteiger partial charge in [-0.3, -0.25) is 4.79 Å². The number of amides is 1. The molecular weight excluding hydrogens is 242 g/mol. The van der Waals surface area contributed by atoms with E-state index in [0.717, 1.165) is 0 Å². The van der Waals surface area contributed by atoms with Gasteiger partial charge in [0.05, 0.1) is 19.8 Å². The van der Waals surface area contributed by atoms with Gasteiger partial charge in [0.25, 0.3) is 0 Å². The van der Waals surface area contributed by atoms with Gasteiger partial charge in [0.2, 0.25) is 5.91 Å². The SMILES string of the molecule is CC(C)C#CCOCCOCCNC(=O)CC(C)C. The standard InChI is InChI=1S/C15H27NO3/c1-13(2)6-5-8-18-10-11-19-9-7-16-15(17)12-14(3)4/h13-14H,7-12H2,1-4H3,(H,16,17). The lowest BCUT2D eigenvalue weighted by Gasteiger charge is -2.07. The topological polar surface area (TPSA) is 47.6 Å². The van der Waals surface area contributed by atoms with Crippen LogP contribution in [0.1, 0.15) is 34.1 Å². The molecule has 1 amide bonds. The molecule has 0 heterocycles. The summed E-state index contributed by atoms with van der Waals surface area (Å²) in [4.78, 5) is 11.3. The number of nitrogens with one attached hydrogen (secondary N) is 1. The maximum atomic E-state index is 11.3. The van der Waals surface area contributed by atoms with Crippen molar-refractivity contribution in [3.8, 4) is 11.8 Å². The second-order valence-corrected chi connectivity index (χ2v) is 5.09. The minimum atomic E-state index is 0.0822. The van der Waals surface area contributed by atoms with Gasteiger partial charge < -0.3 is 14.8 Å². The van der Waals surface area contributed by atoms with Gasteiger partial charge in [0.1, 0.15) is 6.61 Å². The monoisotopic (exact) mass is 269 g/mol. The second-order valence-electron chi connectivity index (χ2n) is 5.09. The highest BCUT2D eigenvalue weighted by atomic mass is 16.5. The van der Waals surface area contributed by atoms with Crippen molar-refractivity contribution in [3.63, 3.8) is 0 Å². The molecule has 0 fully saturated rings. The molecule has 0 radical (unpaired) electrons. The fourth-order valence-corrected chi connectivity index (χ4v) is 1.29. The summed E-state index contributed by atoms with van der Waals surface area (Å²) in [6, 6.07) is 0. The fourth-order valence-electron chi connectivity index (χ4n) is 1.29. The van der Waals surface area contributed by atoms with E-state index in [1.165, 1.54) is 0 Å². The van der Waals surface area contributed by atoms with Gasteiger partial charge in [0, 0.05) is 18.9 Å². The van der Waals surface area contributed by atoms with E-state index in [9.17, 15) is 4.79 Å². The van der Waals surface area contributed by atoms with Crippen LogP contribution in [0.2, 0.25) is 0 Å². The maximum Gasteiger partial charge on any atom is 0.220 e. The van der Waals surface area contributed by atoms with Crippen molar-refractivity contribution in [2.75, 3.05) is 33.0 Å². The Hall–Kier alpha value is -1.05. The highest BCUT2D eigenvalue weighted by molar-refractivity contribution is 5.75. The Kier molecular flexibility index (Phi) is 11.3. The number of hydrogen-bond donors (Lipinski definition) is 1. The first-order valence-corrected chi connectivity index (χ1v) is 6.93. The molecule has 19 heavy (non-hydrogen) atoms. The highest BCUT2D eigenvalue weighted by Gasteiger charge is 2.02. The van der Waals surface area contributed by atoms with Crippen LogP contribution in [-0.2, 0) is 14.3 Å². The van der Waals surface area contributed by atoms with Crippen LogP contribution in [0.5, 0.6) is 0 Å². The lowest BCUT2D eigenvalue weighted by molar-refractivity contribution is -0.122. The molecule has 4 nitrogen and oxygen atoms in total. The Balaban J connectivity index is 3.24. The first-order valence-electron chi connectivity index (χ1n) is 6.93. The van der Waals surface area contributed by atoms with Crippen molar-refractivity contribution in [3.05, 3.63) is 0 Å². The van der Waals surface area contributed by atoms with E-state index in [1.54, 1.807) is 0 Å². The quantitative estimate of drug-likeness (QED) is 0.513. The molecule has 4 heteroatoms. The Morgan fingerprint density at radius 3 is 2.42 bits per heavy atom. The summed E-state index contributed by atoms with van der Waals surface area (Å²) in [5.41, 5.74) is 0. The normalized spacial score (nSPS) is 10.4. The van der Waals surface area contributed by atoms with Crippen LogP contribution >= 0.6 is 0 Å². The third-order valence-corrected chi connectivity index (χ3v) is 2.10. The van der Waals surface area contributed by atoms with Gasteiger partial charge in [-0.15, -0.1) is 0 Å². The molecular formula is C15H27NO3. The average molecular weight is 269 g/mol. The summed E-state index contributed by atoms with van der Waals surface area (Å²) in [5.74, 6) is 6.81. The zero-order chi connectivity index (χ0) is 14.5. The lowest BCUT2D eigenvalue weighted by atomic mass is 10.1. The summed E-state index contributed by atoms with van der Waals surface area (Å²) in [5, 5.41) is 2.81. The number of rotatable bonds is 9. The third kappa shape index (κ3) is 14.9. The van der Waals surface area contributed by atoms with Gasteiger partial charge in [-0.1, -0.05) is 39.5 Å². The van der Waals surface area contributed by atoms with Crippen LogP contribution in [0.3, 0.4) is 0 Å². The van der Waals surface area contributed by atoms with E-state index < -0.39 is 0 Å². The van der Waals surface area contributed by atoms with Crippen molar-refractivity contribution in [2.24, 2.45) is 11.8 Å². The van der Waals surface area contributed by atoms with Gasteiger partial charge in [-0.2, -0.15) is 0 Å². The van der Waals surface area contributed by atoms with Gasteiger partial charge >= 0.3 is 0 Å². The summed E-state index contributed by atoms with van der Waals surface area (Å²) < 4.78 is 10.6. The Morgan fingerprint density at radius 2 is 1.79 bits per heavy atom. The predicted octanol–water partition coefficient (Wildman–Crippen LogP) is 1.84. The molecule has 1 N–H and O–H groups in total. The van der Waals surface area contributed by atoms with E-state index in [-0.39, 0.29) is 5.91 Å². The largest absolute Gasteiger partial charge is 0.377 e. The molecule has 0 saturated carbocycles. The molecule has 0 saturated heterocycles. The molecule has 0 rings (SSSR count). The van der Waals surface area contributed by atoms with Crippen LogP contribution < -0.4 is 5.32 Å². The highest BCUT2D eigenvalue weighted by Crippen LogP contribution is 1.97. The van der Waals surface area contributed by atoms with Crippen molar-refractivity contribution in [1.82, 2.24) is 5.32 Å². The molecule has 0 aliphatic rings. The smallest absolute Gasteiger partial charge is 0.220 e. The van der Waals surface area contributed by atoms with Crippen LogP contribution in [0, 0.1) is 23.7 Å². The zero-order valence-electron chi connectivity index (χ0n) is 12.6. The zero-order valence-corrected chi connectivity index (χ0v) is 12.6. The maximum absolute atomic E-state index is 11.3. The van der Waals surface area contributed by atoms with Gasteiger partial charge in [0.15, 0.2) is 0 Å². The minimum absolute atomic E-state index is 0.0822. The van der Waals surface area contributed by atoms with Crippen molar-refractivity contribution >= 4 is 5.91 Å².